The van der Waals surface area contributed by atoms with Gasteiger partial charge in [0.1, 0.15) is 6.54 Å². The summed E-state index contributed by atoms with van der Waals surface area (Å²) < 4.78 is 7.65. The van der Waals surface area contributed by atoms with Crippen molar-refractivity contribution in [1.29, 1.82) is 0 Å². The Hall–Kier alpha value is -2.68. The average molecular weight is 373 g/mol. The highest BCUT2D eigenvalue weighted by atomic mass is 16.5. The highest BCUT2D eigenvalue weighted by molar-refractivity contribution is 5.86. The fourth-order valence-corrected chi connectivity index (χ4v) is 2.82. The van der Waals surface area contributed by atoms with Crippen molar-refractivity contribution in [2.24, 2.45) is 4.99 Å². The van der Waals surface area contributed by atoms with E-state index in [9.17, 15) is 4.79 Å². The summed E-state index contributed by atoms with van der Waals surface area (Å²) in [5.74, 6) is 1.28. The molecule has 1 aliphatic heterocycles. The van der Waals surface area contributed by atoms with Gasteiger partial charge in [-0.3, -0.25) is 9.20 Å². The first-order chi connectivity index (χ1) is 13.1. The zero-order valence-corrected chi connectivity index (χ0v) is 15.9. The van der Waals surface area contributed by atoms with Crippen molar-refractivity contribution in [1.82, 2.24) is 30.1 Å². The van der Waals surface area contributed by atoms with Gasteiger partial charge in [0, 0.05) is 33.4 Å². The number of rotatable bonds is 6. The van der Waals surface area contributed by atoms with E-state index in [0.717, 1.165) is 30.9 Å². The van der Waals surface area contributed by atoms with Gasteiger partial charge in [0.2, 0.25) is 5.91 Å². The minimum Gasteiger partial charge on any atom is -0.376 e. The fourth-order valence-electron chi connectivity index (χ4n) is 2.82. The first kappa shape index (κ1) is 19.1. The third-order valence-electron chi connectivity index (χ3n) is 4.44. The molecule has 0 radical (unpaired) electrons. The third-order valence-corrected chi connectivity index (χ3v) is 4.44. The molecule has 0 bridgehead atoms. The minimum atomic E-state index is -0.0219. The van der Waals surface area contributed by atoms with Gasteiger partial charge < -0.3 is 20.3 Å². The molecule has 1 atom stereocenters. The van der Waals surface area contributed by atoms with E-state index in [4.69, 9.17) is 4.74 Å². The van der Waals surface area contributed by atoms with E-state index in [1.165, 1.54) is 6.42 Å². The number of carbonyl (C=O) groups excluding carboxylic acids is 1. The van der Waals surface area contributed by atoms with Gasteiger partial charge in [-0.05, 0) is 31.4 Å². The van der Waals surface area contributed by atoms with Crippen LogP contribution in [0.25, 0.3) is 5.65 Å². The summed E-state index contributed by atoms with van der Waals surface area (Å²) in [7, 11) is 3.46. The Morgan fingerprint density at radius 2 is 2.22 bits per heavy atom. The van der Waals surface area contributed by atoms with Crippen molar-refractivity contribution in [2.75, 3.05) is 33.8 Å². The summed E-state index contributed by atoms with van der Waals surface area (Å²) in [6.45, 7) is 1.98. The highest BCUT2D eigenvalue weighted by Crippen LogP contribution is 2.11. The number of aromatic nitrogens is 3. The number of likely N-dealkylation sites (N-methyl/N-ethyl adjacent to an activating group) is 1. The first-order valence-corrected chi connectivity index (χ1v) is 9.26. The largest absolute Gasteiger partial charge is 0.376 e. The Morgan fingerprint density at radius 1 is 1.33 bits per heavy atom. The second-order valence-electron chi connectivity index (χ2n) is 6.72. The standard InChI is InChI=1S/C18H27N7O2/c1-24(2)17(26)13-21-18(19-11-14-7-4-6-10-27-14)20-12-16-23-22-15-8-3-5-9-25(15)16/h3,5,8-9,14H,4,6-7,10-13H2,1-2H3,(H2,19,20,21). The van der Waals surface area contributed by atoms with E-state index >= 15 is 0 Å². The molecule has 1 fully saturated rings. The van der Waals surface area contributed by atoms with Crippen molar-refractivity contribution in [3.63, 3.8) is 0 Å². The predicted molar refractivity (Wildman–Crippen MR) is 102 cm³/mol. The lowest BCUT2D eigenvalue weighted by molar-refractivity contribution is -0.127. The van der Waals surface area contributed by atoms with Gasteiger partial charge in [-0.25, -0.2) is 4.99 Å². The van der Waals surface area contributed by atoms with Crippen LogP contribution in [0.1, 0.15) is 25.1 Å². The molecule has 1 saturated heterocycles. The van der Waals surface area contributed by atoms with Gasteiger partial charge in [0.15, 0.2) is 17.4 Å². The average Bonchev–Trinajstić information content (AvgIpc) is 3.11. The number of ether oxygens (including phenoxy) is 1. The molecule has 0 spiro atoms. The molecule has 1 unspecified atom stereocenters. The summed E-state index contributed by atoms with van der Waals surface area (Å²) >= 11 is 0. The maximum atomic E-state index is 11.9. The molecule has 3 rings (SSSR count). The molecule has 146 valence electrons. The summed E-state index contributed by atoms with van der Waals surface area (Å²) in [4.78, 5) is 18.0. The van der Waals surface area contributed by atoms with Crippen molar-refractivity contribution in [2.45, 2.75) is 31.9 Å². The van der Waals surface area contributed by atoms with Crippen LogP contribution in [0.5, 0.6) is 0 Å². The van der Waals surface area contributed by atoms with Crippen LogP contribution in [-0.2, 0) is 16.1 Å². The Balaban J connectivity index is 1.65. The molecular formula is C18H27N7O2. The van der Waals surface area contributed by atoms with Crippen LogP contribution in [0.4, 0.5) is 0 Å². The molecule has 2 aromatic rings. The number of hydrogen-bond acceptors (Lipinski definition) is 5. The molecule has 1 amide bonds. The van der Waals surface area contributed by atoms with Gasteiger partial charge >= 0.3 is 0 Å². The zero-order chi connectivity index (χ0) is 19.1. The molecule has 1 aliphatic rings. The Labute approximate surface area is 158 Å². The lowest BCUT2D eigenvalue weighted by atomic mass is 10.1. The molecule has 0 saturated carbocycles. The summed E-state index contributed by atoms with van der Waals surface area (Å²) in [5.41, 5.74) is 0.781. The summed E-state index contributed by atoms with van der Waals surface area (Å²) in [6.07, 6.45) is 5.41. The zero-order valence-electron chi connectivity index (χ0n) is 15.9. The number of nitrogens with one attached hydrogen (secondary N) is 2. The van der Waals surface area contributed by atoms with Crippen LogP contribution < -0.4 is 10.6 Å². The maximum Gasteiger partial charge on any atom is 0.241 e. The van der Waals surface area contributed by atoms with Gasteiger partial charge in [0.25, 0.3) is 0 Å². The second kappa shape index (κ2) is 9.31. The van der Waals surface area contributed by atoms with Crippen LogP contribution >= 0.6 is 0 Å². The fraction of sp³-hybridized carbons (Fsp3) is 0.556. The number of carbonyl (C=O) groups is 1. The molecule has 2 aromatic heterocycles. The summed E-state index contributed by atoms with van der Waals surface area (Å²) in [6, 6.07) is 5.74. The lowest BCUT2D eigenvalue weighted by Crippen LogP contribution is -2.45. The quantitative estimate of drug-likeness (QED) is 0.563. The minimum absolute atomic E-state index is 0.0219. The van der Waals surface area contributed by atoms with Gasteiger partial charge in [-0.15, -0.1) is 10.2 Å². The molecule has 2 N–H and O–H groups in total. The third kappa shape index (κ3) is 5.40. The smallest absolute Gasteiger partial charge is 0.241 e. The van der Waals surface area contributed by atoms with Crippen LogP contribution in [0.15, 0.2) is 29.4 Å². The van der Waals surface area contributed by atoms with E-state index in [1.54, 1.807) is 19.0 Å². The van der Waals surface area contributed by atoms with Crippen LogP contribution in [0.3, 0.4) is 0 Å². The van der Waals surface area contributed by atoms with Crippen molar-refractivity contribution >= 4 is 17.5 Å². The number of guanidine groups is 1. The molecule has 9 heteroatoms. The number of aliphatic imine (C=N–C) groups is 1. The molecule has 0 aromatic carbocycles. The summed E-state index contributed by atoms with van der Waals surface area (Å²) in [5, 5.41) is 14.7. The molecular weight excluding hydrogens is 346 g/mol. The van der Waals surface area contributed by atoms with Crippen LogP contribution in [0, 0.1) is 0 Å². The number of amides is 1. The number of fused-ring (bicyclic) bond motifs is 1. The number of nitrogens with zero attached hydrogens (tertiary/aromatic N) is 5. The maximum absolute atomic E-state index is 11.9. The van der Waals surface area contributed by atoms with E-state index in [0.29, 0.717) is 19.0 Å². The Morgan fingerprint density at radius 3 is 3.00 bits per heavy atom. The van der Waals surface area contributed by atoms with Crippen LogP contribution in [-0.4, -0.2) is 71.3 Å². The molecule has 27 heavy (non-hydrogen) atoms. The SMILES string of the molecule is CN(C)C(=O)CNC(=NCc1nnc2ccccn12)NCC1CCCCO1. The van der Waals surface area contributed by atoms with Gasteiger partial charge in [0.05, 0.1) is 12.6 Å². The number of pyridine rings is 1. The van der Waals surface area contributed by atoms with Crippen molar-refractivity contribution in [3.8, 4) is 0 Å². The molecule has 3 heterocycles. The lowest BCUT2D eigenvalue weighted by Gasteiger charge is -2.24. The normalized spacial score (nSPS) is 17.7. The van der Waals surface area contributed by atoms with Gasteiger partial charge in [-0.2, -0.15) is 0 Å². The molecule has 9 nitrogen and oxygen atoms in total. The van der Waals surface area contributed by atoms with E-state index < -0.39 is 0 Å². The topological polar surface area (TPSA) is 96.2 Å². The highest BCUT2D eigenvalue weighted by Gasteiger charge is 2.15. The van der Waals surface area contributed by atoms with Crippen molar-refractivity contribution in [3.05, 3.63) is 30.2 Å². The predicted octanol–water partition coefficient (Wildman–Crippen LogP) is 0.422. The monoisotopic (exact) mass is 373 g/mol. The first-order valence-electron chi connectivity index (χ1n) is 9.26. The second-order valence-corrected chi connectivity index (χ2v) is 6.72. The molecule has 0 aliphatic carbocycles. The van der Waals surface area contributed by atoms with Crippen molar-refractivity contribution < 1.29 is 9.53 Å². The Bertz CT molecular complexity index is 781. The number of hydrogen-bond donors (Lipinski definition) is 2. The van der Waals surface area contributed by atoms with Crippen LogP contribution in [0.2, 0.25) is 0 Å². The van der Waals surface area contributed by atoms with E-state index in [2.05, 4.69) is 25.8 Å². The van der Waals surface area contributed by atoms with Gasteiger partial charge in [-0.1, -0.05) is 6.07 Å². The Kier molecular flexibility index (Phi) is 6.59. The van der Waals surface area contributed by atoms with E-state index in [1.807, 2.05) is 28.8 Å². The van der Waals surface area contributed by atoms with E-state index in [-0.39, 0.29) is 18.6 Å².